The number of halogens is 3. The van der Waals surface area contributed by atoms with Crippen molar-refractivity contribution >= 4 is 27.6 Å². The summed E-state index contributed by atoms with van der Waals surface area (Å²) in [6.07, 6.45) is -3.98. The van der Waals surface area contributed by atoms with Crippen LogP contribution in [0.2, 0.25) is 0 Å². The van der Waals surface area contributed by atoms with Crippen molar-refractivity contribution in [3.8, 4) is 10.4 Å². The number of oxazole rings is 1. The predicted octanol–water partition coefficient (Wildman–Crippen LogP) is 3.74. The van der Waals surface area contributed by atoms with Crippen LogP contribution in [0.1, 0.15) is 16.8 Å². The van der Waals surface area contributed by atoms with Gasteiger partial charge in [0.15, 0.2) is 10.7 Å². The Hall–Kier alpha value is -3.15. The summed E-state index contributed by atoms with van der Waals surface area (Å²) in [6, 6.07) is 9.76. The summed E-state index contributed by atoms with van der Waals surface area (Å²) in [5.41, 5.74) is 8.30. The van der Waals surface area contributed by atoms with E-state index in [2.05, 4.69) is 15.3 Å². The highest BCUT2D eigenvalue weighted by molar-refractivity contribution is 7.19. The van der Waals surface area contributed by atoms with Gasteiger partial charge in [0.25, 0.3) is 0 Å². The SMILES string of the molecule is N[C@H](CNc1nc(CO)c(-c2ccc3[nH]c(=O)oc3c2)s1)Cc1ccc(C(F)(F)F)cc1. The number of aromatic nitrogens is 2. The Morgan fingerprint density at radius 2 is 1.97 bits per heavy atom. The molecule has 4 rings (SSSR count). The molecule has 0 amide bonds. The molecule has 2 heterocycles. The highest BCUT2D eigenvalue weighted by Crippen LogP contribution is 2.34. The molecule has 4 aromatic rings. The standard InChI is InChI=1S/C21H19F3N4O3S/c22-21(23,24)13-4-1-11(2-5-13)7-14(25)9-26-19-27-16(10-29)18(32-19)12-3-6-15-17(8-12)31-20(30)28-15/h1-6,8,14,29H,7,9-10,25H2,(H,26,27)(H,28,30)/t14-/m0/s1. The first-order valence-corrected chi connectivity index (χ1v) is 10.4. The van der Waals surface area contributed by atoms with Crippen LogP contribution in [0, 0.1) is 0 Å². The molecule has 0 saturated heterocycles. The second-order valence-electron chi connectivity index (χ2n) is 7.22. The molecule has 0 aliphatic heterocycles. The molecule has 0 unspecified atom stereocenters. The lowest BCUT2D eigenvalue weighted by atomic mass is 10.0. The summed E-state index contributed by atoms with van der Waals surface area (Å²) >= 11 is 1.31. The van der Waals surface area contributed by atoms with Crippen molar-refractivity contribution in [2.45, 2.75) is 25.2 Å². The van der Waals surface area contributed by atoms with Crippen LogP contribution in [0.4, 0.5) is 18.3 Å². The van der Waals surface area contributed by atoms with Gasteiger partial charge in [-0.05, 0) is 41.8 Å². The third kappa shape index (κ3) is 4.85. The number of thiazole rings is 1. The first-order valence-electron chi connectivity index (χ1n) is 9.62. The van der Waals surface area contributed by atoms with Crippen LogP contribution in [0.3, 0.4) is 0 Å². The van der Waals surface area contributed by atoms with Gasteiger partial charge in [0, 0.05) is 12.6 Å². The molecule has 168 valence electrons. The van der Waals surface area contributed by atoms with Crippen molar-refractivity contribution in [3.05, 3.63) is 69.8 Å². The van der Waals surface area contributed by atoms with Gasteiger partial charge in [-0.3, -0.25) is 4.98 Å². The van der Waals surface area contributed by atoms with Gasteiger partial charge in [0.05, 0.1) is 28.3 Å². The molecule has 0 fully saturated rings. The Labute approximate surface area is 183 Å². The molecule has 32 heavy (non-hydrogen) atoms. The van der Waals surface area contributed by atoms with Gasteiger partial charge >= 0.3 is 11.9 Å². The number of nitrogens with zero attached hydrogens (tertiary/aromatic N) is 1. The number of benzene rings is 2. The Morgan fingerprint density at radius 1 is 1.22 bits per heavy atom. The number of fused-ring (bicyclic) bond motifs is 1. The Balaban J connectivity index is 1.43. The van der Waals surface area contributed by atoms with E-state index < -0.39 is 17.5 Å². The molecular weight excluding hydrogens is 445 g/mol. The van der Waals surface area contributed by atoms with Crippen molar-refractivity contribution in [3.63, 3.8) is 0 Å². The zero-order valence-corrected chi connectivity index (χ0v) is 17.4. The quantitative estimate of drug-likeness (QED) is 0.331. The maximum Gasteiger partial charge on any atom is 0.417 e. The van der Waals surface area contributed by atoms with Gasteiger partial charge < -0.3 is 20.6 Å². The van der Waals surface area contributed by atoms with Crippen molar-refractivity contribution in [2.75, 3.05) is 11.9 Å². The van der Waals surface area contributed by atoms with Gasteiger partial charge in [-0.25, -0.2) is 9.78 Å². The maximum atomic E-state index is 12.7. The number of hydrogen-bond acceptors (Lipinski definition) is 7. The van der Waals surface area contributed by atoms with Gasteiger partial charge in [-0.1, -0.05) is 29.5 Å². The van der Waals surface area contributed by atoms with Gasteiger partial charge in [-0.2, -0.15) is 13.2 Å². The fourth-order valence-electron chi connectivity index (χ4n) is 3.27. The number of aliphatic hydroxyl groups is 1. The Kier molecular flexibility index (Phi) is 6.04. The molecule has 5 N–H and O–H groups in total. The van der Waals surface area contributed by atoms with E-state index >= 15 is 0 Å². The van der Waals surface area contributed by atoms with Crippen molar-refractivity contribution in [2.24, 2.45) is 5.73 Å². The molecule has 1 atom stereocenters. The number of H-pyrrole nitrogens is 1. The average Bonchev–Trinajstić information content (AvgIpc) is 3.33. The largest absolute Gasteiger partial charge is 0.417 e. The number of hydrogen-bond donors (Lipinski definition) is 4. The minimum atomic E-state index is -4.37. The van der Waals surface area contributed by atoms with Crippen LogP contribution in [0.15, 0.2) is 51.7 Å². The lowest BCUT2D eigenvalue weighted by Crippen LogP contribution is -2.31. The molecule has 0 spiro atoms. The van der Waals surface area contributed by atoms with Crippen molar-refractivity contribution in [1.29, 1.82) is 0 Å². The topological polar surface area (TPSA) is 117 Å². The van der Waals surface area contributed by atoms with Crippen molar-refractivity contribution < 1.29 is 22.7 Å². The molecule has 0 bridgehead atoms. The summed E-state index contributed by atoms with van der Waals surface area (Å²) in [4.78, 5) is 19.0. The van der Waals surface area contributed by atoms with Crippen LogP contribution in [0.25, 0.3) is 21.5 Å². The second kappa shape index (κ2) is 8.77. The molecular formula is C21H19F3N4O3S. The molecule has 0 saturated carbocycles. The Bertz CT molecular complexity index is 1280. The predicted molar refractivity (Wildman–Crippen MR) is 115 cm³/mol. The van der Waals surface area contributed by atoms with E-state index in [0.717, 1.165) is 22.6 Å². The molecule has 0 aliphatic carbocycles. The van der Waals surface area contributed by atoms with E-state index in [9.17, 15) is 23.1 Å². The minimum absolute atomic E-state index is 0.278. The van der Waals surface area contributed by atoms with E-state index in [4.69, 9.17) is 10.2 Å². The lowest BCUT2D eigenvalue weighted by molar-refractivity contribution is -0.137. The molecule has 2 aromatic carbocycles. The van der Waals surface area contributed by atoms with Crippen LogP contribution < -0.4 is 16.8 Å². The highest BCUT2D eigenvalue weighted by Gasteiger charge is 2.30. The summed E-state index contributed by atoms with van der Waals surface area (Å²) in [6.45, 7) is 0.0603. The monoisotopic (exact) mass is 464 g/mol. The van der Waals surface area contributed by atoms with Gasteiger partial charge in [0.1, 0.15) is 0 Å². The second-order valence-corrected chi connectivity index (χ2v) is 8.22. The molecule has 7 nitrogen and oxygen atoms in total. The third-order valence-electron chi connectivity index (χ3n) is 4.82. The number of rotatable bonds is 7. The number of nitrogens with two attached hydrogens (primary N) is 1. The summed E-state index contributed by atoms with van der Waals surface area (Å²) in [7, 11) is 0. The first kappa shape index (κ1) is 22.1. The van der Waals surface area contributed by atoms with Crippen LogP contribution in [-0.4, -0.2) is 27.7 Å². The molecule has 0 aliphatic rings. The van der Waals surface area contributed by atoms with E-state index in [1.54, 1.807) is 18.2 Å². The lowest BCUT2D eigenvalue weighted by Gasteiger charge is -2.13. The smallest absolute Gasteiger partial charge is 0.408 e. The fraction of sp³-hybridized carbons (Fsp3) is 0.238. The third-order valence-corrected chi connectivity index (χ3v) is 5.93. The fourth-order valence-corrected chi connectivity index (χ4v) is 4.25. The van der Waals surface area contributed by atoms with Crippen LogP contribution >= 0.6 is 11.3 Å². The minimum Gasteiger partial charge on any atom is -0.408 e. The summed E-state index contributed by atoms with van der Waals surface area (Å²) in [5, 5.41) is 13.4. The molecule has 0 radical (unpaired) electrons. The van der Waals surface area contributed by atoms with E-state index in [1.807, 2.05) is 0 Å². The van der Waals surface area contributed by atoms with Crippen LogP contribution in [-0.2, 0) is 19.2 Å². The van der Waals surface area contributed by atoms with E-state index in [-0.39, 0.29) is 12.6 Å². The summed E-state index contributed by atoms with van der Waals surface area (Å²) in [5.74, 6) is -0.548. The van der Waals surface area contributed by atoms with Crippen LogP contribution in [0.5, 0.6) is 0 Å². The number of aromatic amines is 1. The zero-order chi connectivity index (χ0) is 22.9. The molecule has 11 heteroatoms. The van der Waals surface area contributed by atoms with Gasteiger partial charge in [0.2, 0.25) is 0 Å². The first-order chi connectivity index (χ1) is 15.2. The average molecular weight is 464 g/mol. The number of aliphatic hydroxyl groups excluding tert-OH is 1. The Morgan fingerprint density at radius 3 is 2.66 bits per heavy atom. The molecule has 2 aromatic heterocycles. The van der Waals surface area contributed by atoms with E-state index in [1.165, 1.54) is 23.5 Å². The highest BCUT2D eigenvalue weighted by atomic mass is 32.1. The van der Waals surface area contributed by atoms with E-state index in [0.29, 0.717) is 40.5 Å². The zero-order valence-electron chi connectivity index (χ0n) is 16.6. The number of anilines is 1. The number of nitrogens with one attached hydrogen (secondary N) is 2. The van der Waals surface area contributed by atoms with Gasteiger partial charge in [-0.15, -0.1) is 0 Å². The summed E-state index contributed by atoms with van der Waals surface area (Å²) < 4.78 is 43.1. The normalized spacial score (nSPS) is 12.9. The maximum absolute atomic E-state index is 12.7. The van der Waals surface area contributed by atoms with Crippen molar-refractivity contribution in [1.82, 2.24) is 9.97 Å². The number of alkyl halides is 3.